The summed E-state index contributed by atoms with van der Waals surface area (Å²) in [4.78, 5) is 16.7. The predicted octanol–water partition coefficient (Wildman–Crippen LogP) is 2.49. The number of aromatic hydroxyl groups is 1. The lowest BCUT2D eigenvalue weighted by molar-refractivity contribution is 0.102. The van der Waals surface area contributed by atoms with Gasteiger partial charge in [0.15, 0.2) is 5.13 Å². The number of anilines is 1. The number of benzene rings is 1. The first-order valence-corrected chi connectivity index (χ1v) is 7.15. The third-order valence-corrected chi connectivity index (χ3v) is 3.52. The highest BCUT2D eigenvalue weighted by Crippen LogP contribution is 2.24. The molecule has 0 unspecified atom stereocenters. The lowest BCUT2D eigenvalue weighted by atomic mass is 10.2. The maximum atomic E-state index is 12.0. The van der Waals surface area contributed by atoms with Gasteiger partial charge in [-0.3, -0.25) is 10.1 Å². The molecule has 7 heteroatoms. The van der Waals surface area contributed by atoms with E-state index in [2.05, 4.69) is 22.1 Å². The third kappa shape index (κ3) is 4.20. The standard InChI is InChI=1S/C14H11ClN2O3S/c15-11-7-9(4-5-12(11)19)13(20)17-14-16-8-10(21-14)3-1-2-6-18/h4-5,7-8,18-19H,2,6H2,(H,16,17,20). The van der Waals surface area contributed by atoms with Crippen LogP contribution >= 0.6 is 22.9 Å². The zero-order valence-electron chi connectivity index (χ0n) is 10.8. The molecule has 21 heavy (non-hydrogen) atoms. The Bertz CT molecular complexity index is 718. The fourth-order valence-corrected chi connectivity index (χ4v) is 2.28. The highest BCUT2D eigenvalue weighted by Gasteiger charge is 2.10. The first kappa shape index (κ1) is 15.3. The number of nitrogens with one attached hydrogen (secondary N) is 1. The molecule has 0 aliphatic heterocycles. The van der Waals surface area contributed by atoms with Crippen molar-refractivity contribution in [2.45, 2.75) is 6.42 Å². The molecule has 1 aromatic carbocycles. The van der Waals surface area contributed by atoms with Gasteiger partial charge in [-0.25, -0.2) is 4.98 Å². The molecule has 0 fully saturated rings. The number of nitrogens with zero attached hydrogens (tertiary/aromatic N) is 1. The zero-order chi connectivity index (χ0) is 15.2. The van der Waals surface area contributed by atoms with Crippen LogP contribution in [0.25, 0.3) is 0 Å². The monoisotopic (exact) mass is 322 g/mol. The minimum atomic E-state index is -0.374. The molecule has 2 aromatic rings. The van der Waals surface area contributed by atoms with Gasteiger partial charge in [-0.15, -0.1) is 0 Å². The number of aliphatic hydroxyl groups excluding tert-OH is 1. The summed E-state index contributed by atoms with van der Waals surface area (Å²) in [5.41, 5.74) is 0.320. The van der Waals surface area contributed by atoms with E-state index in [1.165, 1.54) is 29.5 Å². The normalized spacial score (nSPS) is 9.81. The van der Waals surface area contributed by atoms with Crippen LogP contribution in [0.1, 0.15) is 21.7 Å². The van der Waals surface area contributed by atoms with E-state index in [1.807, 2.05) is 0 Å². The van der Waals surface area contributed by atoms with E-state index >= 15 is 0 Å². The summed E-state index contributed by atoms with van der Waals surface area (Å²) < 4.78 is 0. The van der Waals surface area contributed by atoms with Crippen LogP contribution in [0.15, 0.2) is 24.4 Å². The number of carbonyl (C=O) groups is 1. The van der Waals surface area contributed by atoms with Crippen LogP contribution in [-0.2, 0) is 0 Å². The number of rotatable bonds is 3. The molecular formula is C14H11ClN2O3S. The summed E-state index contributed by atoms with van der Waals surface area (Å²) in [7, 11) is 0. The van der Waals surface area contributed by atoms with Gasteiger partial charge in [0.1, 0.15) is 5.75 Å². The highest BCUT2D eigenvalue weighted by molar-refractivity contribution is 7.16. The second-order valence-corrected chi connectivity index (χ2v) is 5.36. The molecule has 2 rings (SSSR count). The van der Waals surface area contributed by atoms with Crippen molar-refractivity contribution in [3.63, 3.8) is 0 Å². The van der Waals surface area contributed by atoms with Gasteiger partial charge in [0, 0.05) is 12.0 Å². The van der Waals surface area contributed by atoms with Crippen molar-refractivity contribution in [2.75, 3.05) is 11.9 Å². The Morgan fingerprint density at radius 1 is 1.48 bits per heavy atom. The Morgan fingerprint density at radius 2 is 2.29 bits per heavy atom. The van der Waals surface area contributed by atoms with Gasteiger partial charge in [-0.2, -0.15) is 0 Å². The van der Waals surface area contributed by atoms with Gasteiger partial charge in [0.2, 0.25) is 0 Å². The van der Waals surface area contributed by atoms with Crippen LogP contribution in [0.4, 0.5) is 5.13 Å². The average Bonchev–Trinajstić information content (AvgIpc) is 2.89. The van der Waals surface area contributed by atoms with Crippen molar-refractivity contribution >= 4 is 34.0 Å². The molecule has 0 atom stereocenters. The molecule has 0 saturated carbocycles. The Hall–Kier alpha value is -2.07. The van der Waals surface area contributed by atoms with E-state index in [0.29, 0.717) is 22.0 Å². The number of phenols is 1. The zero-order valence-corrected chi connectivity index (χ0v) is 12.3. The van der Waals surface area contributed by atoms with E-state index in [0.717, 1.165) is 0 Å². The first-order chi connectivity index (χ1) is 10.1. The summed E-state index contributed by atoms with van der Waals surface area (Å²) >= 11 is 6.99. The van der Waals surface area contributed by atoms with Crippen molar-refractivity contribution < 1.29 is 15.0 Å². The Labute approximate surface area is 130 Å². The smallest absolute Gasteiger partial charge is 0.257 e. The lowest BCUT2D eigenvalue weighted by Crippen LogP contribution is -2.11. The highest BCUT2D eigenvalue weighted by atomic mass is 35.5. The molecule has 1 heterocycles. The fourth-order valence-electron chi connectivity index (χ4n) is 1.41. The molecule has 1 aromatic heterocycles. The first-order valence-electron chi connectivity index (χ1n) is 5.95. The van der Waals surface area contributed by atoms with Crippen LogP contribution < -0.4 is 5.32 Å². The number of hydrogen-bond acceptors (Lipinski definition) is 5. The Morgan fingerprint density at radius 3 is 3.00 bits per heavy atom. The van der Waals surface area contributed by atoms with Crippen molar-refractivity contribution in [2.24, 2.45) is 0 Å². The second-order valence-electron chi connectivity index (χ2n) is 3.93. The topological polar surface area (TPSA) is 82.5 Å². The SMILES string of the molecule is O=C(Nc1ncc(C#CCCO)s1)c1ccc(O)c(Cl)c1. The van der Waals surface area contributed by atoms with Crippen molar-refractivity contribution in [1.29, 1.82) is 0 Å². The summed E-state index contributed by atoms with van der Waals surface area (Å²) in [5, 5.41) is 21.1. The number of aromatic nitrogens is 1. The van der Waals surface area contributed by atoms with E-state index in [4.69, 9.17) is 16.7 Å². The minimum Gasteiger partial charge on any atom is -0.506 e. The van der Waals surface area contributed by atoms with E-state index in [9.17, 15) is 9.90 Å². The molecule has 0 aliphatic rings. The minimum absolute atomic E-state index is 0.0109. The number of aliphatic hydroxyl groups is 1. The number of amides is 1. The third-order valence-electron chi connectivity index (χ3n) is 2.38. The predicted molar refractivity (Wildman–Crippen MR) is 81.8 cm³/mol. The molecule has 3 N–H and O–H groups in total. The molecular weight excluding hydrogens is 312 g/mol. The molecule has 5 nitrogen and oxygen atoms in total. The van der Waals surface area contributed by atoms with Crippen LogP contribution in [0.2, 0.25) is 5.02 Å². The number of halogens is 1. The summed E-state index contributed by atoms with van der Waals surface area (Å²) in [5.74, 6) is 5.16. The van der Waals surface area contributed by atoms with Gasteiger partial charge in [0.05, 0.1) is 22.7 Å². The van der Waals surface area contributed by atoms with Crippen molar-refractivity contribution in [1.82, 2.24) is 4.98 Å². The van der Waals surface area contributed by atoms with Crippen LogP contribution in [-0.4, -0.2) is 27.7 Å². The Balaban J connectivity index is 2.06. The average molecular weight is 323 g/mol. The molecule has 0 saturated heterocycles. The van der Waals surface area contributed by atoms with E-state index in [-0.39, 0.29) is 23.3 Å². The van der Waals surface area contributed by atoms with Crippen molar-refractivity contribution in [3.8, 4) is 17.6 Å². The van der Waals surface area contributed by atoms with E-state index < -0.39 is 0 Å². The number of hydrogen-bond donors (Lipinski definition) is 3. The van der Waals surface area contributed by atoms with E-state index in [1.54, 1.807) is 6.20 Å². The van der Waals surface area contributed by atoms with Gasteiger partial charge >= 0.3 is 0 Å². The summed E-state index contributed by atoms with van der Waals surface area (Å²) in [6.07, 6.45) is 1.94. The second kappa shape index (κ2) is 7.09. The van der Waals surface area contributed by atoms with Gasteiger partial charge in [0.25, 0.3) is 5.91 Å². The summed E-state index contributed by atoms with van der Waals surface area (Å²) in [6.45, 7) is 0.0109. The molecule has 0 bridgehead atoms. The molecule has 0 radical (unpaired) electrons. The van der Waals surface area contributed by atoms with Crippen LogP contribution in [0.3, 0.4) is 0 Å². The van der Waals surface area contributed by atoms with Gasteiger partial charge in [-0.05, 0) is 18.2 Å². The number of phenolic OH excluding ortho intramolecular Hbond substituents is 1. The van der Waals surface area contributed by atoms with Gasteiger partial charge < -0.3 is 10.2 Å². The lowest BCUT2D eigenvalue weighted by Gasteiger charge is -2.03. The van der Waals surface area contributed by atoms with Gasteiger partial charge in [-0.1, -0.05) is 34.8 Å². The quantitative estimate of drug-likeness (QED) is 0.758. The molecule has 0 aliphatic carbocycles. The molecule has 1 amide bonds. The number of carbonyl (C=O) groups excluding carboxylic acids is 1. The summed E-state index contributed by atoms with van der Waals surface area (Å²) in [6, 6.07) is 4.19. The van der Waals surface area contributed by atoms with Crippen molar-refractivity contribution in [3.05, 3.63) is 39.9 Å². The molecule has 0 spiro atoms. The maximum absolute atomic E-state index is 12.0. The van der Waals surface area contributed by atoms with Crippen LogP contribution in [0, 0.1) is 11.8 Å². The van der Waals surface area contributed by atoms with Crippen LogP contribution in [0.5, 0.6) is 5.75 Å². The molecule has 108 valence electrons. The largest absolute Gasteiger partial charge is 0.506 e. The number of thiazole rings is 1. The fraction of sp³-hybridized carbons (Fsp3) is 0.143. The maximum Gasteiger partial charge on any atom is 0.257 e. The Kier molecular flexibility index (Phi) is 5.17.